The van der Waals surface area contributed by atoms with Gasteiger partial charge in [0.1, 0.15) is 23.9 Å². The second-order valence-electron chi connectivity index (χ2n) is 6.38. The van der Waals surface area contributed by atoms with Crippen LogP contribution in [0.25, 0.3) is 0 Å². The van der Waals surface area contributed by atoms with Crippen molar-refractivity contribution in [1.82, 2.24) is 0 Å². The smallest absolute Gasteiger partial charge is 0.335 e. The molecular formula is C23H20O6. The number of aldehydes is 1. The molecule has 3 aromatic rings. The van der Waals surface area contributed by atoms with E-state index < -0.39 is 5.97 Å². The van der Waals surface area contributed by atoms with Crippen LogP contribution in [-0.2, 0) is 13.0 Å². The molecule has 3 rings (SSSR count). The zero-order valence-corrected chi connectivity index (χ0v) is 15.8. The maximum Gasteiger partial charge on any atom is 0.335 e. The van der Waals surface area contributed by atoms with Gasteiger partial charge in [0.2, 0.25) is 0 Å². The lowest BCUT2D eigenvalue weighted by Gasteiger charge is -2.16. The number of carbonyl (C=O) groups is 2. The summed E-state index contributed by atoms with van der Waals surface area (Å²) in [6, 6.07) is 17.2. The number of phenolic OH excluding ortho intramolecular Hbond substituents is 1. The molecule has 3 aromatic carbocycles. The molecule has 0 aliphatic heterocycles. The van der Waals surface area contributed by atoms with Gasteiger partial charge in [-0.2, -0.15) is 0 Å². The Balaban J connectivity index is 1.90. The minimum absolute atomic E-state index is 0.102. The third-order valence-electron chi connectivity index (χ3n) is 4.54. The molecule has 0 aliphatic carbocycles. The summed E-state index contributed by atoms with van der Waals surface area (Å²) in [6.45, 7) is 0.102. The highest BCUT2D eigenvalue weighted by atomic mass is 16.5. The summed E-state index contributed by atoms with van der Waals surface area (Å²) in [5, 5.41) is 19.6. The molecule has 0 aromatic heterocycles. The Labute approximate surface area is 168 Å². The monoisotopic (exact) mass is 392 g/mol. The fourth-order valence-corrected chi connectivity index (χ4v) is 2.99. The molecule has 0 aliphatic rings. The molecule has 0 radical (unpaired) electrons. The average molecular weight is 392 g/mol. The molecule has 0 bridgehead atoms. The summed E-state index contributed by atoms with van der Waals surface area (Å²) in [5.74, 6) is -0.339. The predicted octanol–water partition coefficient (Wildman–Crippen LogP) is 4.08. The number of hydrogen-bond donors (Lipinski definition) is 2. The molecule has 0 spiro atoms. The second kappa shape index (κ2) is 8.93. The molecule has 0 heterocycles. The highest BCUT2D eigenvalue weighted by molar-refractivity contribution is 5.88. The van der Waals surface area contributed by atoms with Crippen LogP contribution >= 0.6 is 0 Å². The van der Waals surface area contributed by atoms with E-state index in [4.69, 9.17) is 14.6 Å². The number of benzene rings is 3. The van der Waals surface area contributed by atoms with Crippen molar-refractivity contribution in [2.45, 2.75) is 13.0 Å². The van der Waals surface area contributed by atoms with Gasteiger partial charge in [-0.3, -0.25) is 4.79 Å². The summed E-state index contributed by atoms with van der Waals surface area (Å²) in [7, 11) is 1.45. The summed E-state index contributed by atoms with van der Waals surface area (Å²) in [6.07, 6.45) is 0.986. The lowest BCUT2D eigenvalue weighted by Crippen LogP contribution is -2.04. The van der Waals surface area contributed by atoms with Gasteiger partial charge in [-0.25, -0.2) is 4.79 Å². The van der Waals surface area contributed by atoms with Gasteiger partial charge in [0.15, 0.2) is 6.29 Å². The first-order chi connectivity index (χ1) is 14.0. The summed E-state index contributed by atoms with van der Waals surface area (Å²) >= 11 is 0. The number of methoxy groups -OCH3 is 1. The van der Waals surface area contributed by atoms with E-state index in [2.05, 4.69) is 0 Å². The minimum atomic E-state index is -1.05. The SMILES string of the molecule is COc1cc(C(=O)O)ccc1COc1ccc(C=O)c(O)c1Cc1ccccc1. The Morgan fingerprint density at radius 3 is 2.45 bits per heavy atom. The molecule has 29 heavy (non-hydrogen) atoms. The van der Waals surface area contributed by atoms with Crippen molar-refractivity contribution >= 4 is 12.3 Å². The Morgan fingerprint density at radius 1 is 1.03 bits per heavy atom. The lowest BCUT2D eigenvalue weighted by molar-refractivity contribution is 0.0696. The zero-order valence-electron chi connectivity index (χ0n) is 15.8. The number of carboxylic acid groups (broad SMARTS) is 1. The van der Waals surface area contributed by atoms with E-state index >= 15 is 0 Å². The summed E-state index contributed by atoms with van der Waals surface area (Å²) < 4.78 is 11.2. The average Bonchev–Trinajstić information content (AvgIpc) is 2.74. The fraction of sp³-hybridized carbons (Fsp3) is 0.130. The first kappa shape index (κ1) is 19.9. The van der Waals surface area contributed by atoms with Gasteiger partial charge in [0, 0.05) is 17.5 Å². The minimum Gasteiger partial charge on any atom is -0.507 e. The Bertz CT molecular complexity index is 1030. The van der Waals surface area contributed by atoms with E-state index in [-0.39, 0.29) is 23.5 Å². The molecule has 6 heteroatoms. The van der Waals surface area contributed by atoms with Gasteiger partial charge < -0.3 is 19.7 Å². The first-order valence-electron chi connectivity index (χ1n) is 8.90. The molecule has 0 unspecified atom stereocenters. The van der Waals surface area contributed by atoms with Crippen LogP contribution < -0.4 is 9.47 Å². The Morgan fingerprint density at radius 2 is 1.79 bits per heavy atom. The van der Waals surface area contributed by atoms with Crippen molar-refractivity contribution in [3.05, 3.63) is 88.5 Å². The maximum atomic E-state index is 11.2. The quantitative estimate of drug-likeness (QED) is 0.561. The Hall–Kier alpha value is -3.80. The number of carbonyl (C=O) groups excluding carboxylic acids is 1. The Kier molecular flexibility index (Phi) is 6.14. The molecule has 6 nitrogen and oxygen atoms in total. The van der Waals surface area contributed by atoms with Crippen molar-refractivity contribution in [3.8, 4) is 17.2 Å². The molecule has 0 atom stereocenters. The van der Waals surface area contributed by atoms with Crippen LogP contribution in [0.5, 0.6) is 17.2 Å². The van der Waals surface area contributed by atoms with E-state index in [0.717, 1.165) is 5.56 Å². The summed E-state index contributed by atoms with van der Waals surface area (Å²) in [4.78, 5) is 22.4. The fourth-order valence-electron chi connectivity index (χ4n) is 2.99. The van der Waals surface area contributed by atoms with E-state index in [1.807, 2.05) is 30.3 Å². The number of hydrogen-bond acceptors (Lipinski definition) is 5. The van der Waals surface area contributed by atoms with Crippen molar-refractivity contribution < 1.29 is 29.3 Å². The zero-order chi connectivity index (χ0) is 20.8. The number of ether oxygens (including phenoxy) is 2. The number of aromatic carboxylic acids is 1. The third-order valence-corrected chi connectivity index (χ3v) is 4.54. The van der Waals surface area contributed by atoms with E-state index in [9.17, 15) is 14.7 Å². The third kappa shape index (κ3) is 4.55. The topological polar surface area (TPSA) is 93.1 Å². The number of phenols is 1. The van der Waals surface area contributed by atoms with E-state index in [1.165, 1.54) is 25.3 Å². The number of rotatable bonds is 8. The van der Waals surface area contributed by atoms with Crippen molar-refractivity contribution in [3.63, 3.8) is 0 Å². The van der Waals surface area contributed by atoms with Crippen molar-refractivity contribution in [2.24, 2.45) is 0 Å². The molecule has 2 N–H and O–H groups in total. The van der Waals surface area contributed by atoms with Crippen LogP contribution in [0.3, 0.4) is 0 Å². The van der Waals surface area contributed by atoms with Crippen LogP contribution in [0.2, 0.25) is 0 Å². The van der Waals surface area contributed by atoms with E-state index in [1.54, 1.807) is 12.1 Å². The second-order valence-corrected chi connectivity index (χ2v) is 6.38. The highest BCUT2D eigenvalue weighted by Gasteiger charge is 2.16. The lowest BCUT2D eigenvalue weighted by atomic mass is 10.0. The predicted molar refractivity (Wildman–Crippen MR) is 107 cm³/mol. The standard InChI is InChI=1S/C23H20O6/c1-28-21-12-16(23(26)27)7-8-18(21)14-29-20-10-9-17(13-24)22(25)19(20)11-15-5-3-2-4-6-15/h2-10,12-13,25H,11,14H2,1H3,(H,26,27). The maximum absolute atomic E-state index is 11.2. The van der Waals surface area contributed by atoms with Crippen LogP contribution in [0.15, 0.2) is 60.7 Å². The molecule has 0 saturated heterocycles. The largest absolute Gasteiger partial charge is 0.507 e. The van der Waals surface area contributed by atoms with Crippen LogP contribution in [0.1, 0.15) is 37.4 Å². The van der Waals surface area contributed by atoms with Gasteiger partial charge in [0.05, 0.1) is 18.2 Å². The van der Waals surface area contributed by atoms with Gasteiger partial charge in [0.25, 0.3) is 0 Å². The number of aromatic hydroxyl groups is 1. The molecule has 0 saturated carbocycles. The molecule has 0 fully saturated rings. The van der Waals surface area contributed by atoms with Crippen LogP contribution in [-0.4, -0.2) is 29.6 Å². The van der Waals surface area contributed by atoms with Crippen molar-refractivity contribution in [2.75, 3.05) is 7.11 Å². The normalized spacial score (nSPS) is 10.4. The van der Waals surface area contributed by atoms with E-state index in [0.29, 0.717) is 35.3 Å². The molecule has 0 amide bonds. The van der Waals surface area contributed by atoms with Gasteiger partial charge in [-0.15, -0.1) is 0 Å². The van der Waals surface area contributed by atoms with Crippen molar-refractivity contribution in [1.29, 1.82) is 0 Å². The van der Waals surface area contributed by atoms with Crippen LogP contribution in [0.4, 0.5) is 0 Å². The van der Waals surface area contributed by atoms with Crippen LogP contribution in [0, 0.1) is 0 Å². The molecule has 148 valence electrons. The number of carboxylic acids is 1. The van der Waals surface area contributed by atoms with Gasteiger partial charge in [-0.05, 0) is 29.8 Å². The van der Waals surface area contributed by atoms with Gasteiger partial charge in [-0.1, -0.05) is 36.4 Å². The molecular weight excluding hydrogens is 372 g/mol. The highest BCUT2D eigenvalue weighted by Crippen LogP contribution is 2.34. The summed E-state index contributed by atoms with van der Waals surface area (Å²) in [5.41, 5.74) is 2.41. The van der Waals surface area contributed by atoms with Gasteiger partial charge >= 0.3 is 5.97 Å². The first-order valence-corrected chi connectivity index (χ1v) is 8.90.